The van der Waals surface area contributed by atoms with E-state index < -0.39 is 23.5 Å². The smallest absolute Gasteiger partial charge is 0.311 e. The summed E-state index contributed by atoms with van der Waals surface area (Å²) in [6.07, 6.45) is 0.187. The van der Waals surface area contributed by atoms with E-state index in [-0.39, 0.29) is 25.5 Å². The van der Waals surface area contributed by atoms with Crippen LogP contribution in [-0.4, -0.2) is 48.9 Å². The zero-order chi connectivity index (χ0) is 13.1. The number of rotatable bonds is 5. The number of carboxylic acids is 1. The van der Waals surface area contributed by atoms with Gasteiger partial charge in [0.25, 0.3) is 0 Å². The van der Waals surface area contributed by atoms with Gasteiger partial charge in [-0.05, 0) is 13.8 Å². The normalized spacial score (nSPS) is 24.6. The van der Waals surface area contributed by atoms with Crippen LogP contribution in [0.2, 0.25) is 0 Å². The summed E-state index contributed by atoms with van der Waals surface area (Å²) in [6, 6.07) is -0.451. The van der Waals surface area contributed by atoms with Gasteiger partial charge in [-0.15, -0.1) is 0 Å². The Morgan fingerprint density at radius 1 is 1.47 bits per heavy atom. The van der Waals surface area contributed by atoms with Gasteiger partial charge >= 0.3 is 5.97 Å². The van der Waals surface area contributed by atoms with Crippen LogP contribution in [-0.2, 0) is 19.1 Å². The van der Waals surface area contributed by atoms with Crippen molar-refractivity contribution < 1.29 is 24.2 Å². The van der Waals surface area contributed by atoms with Crippen molar-refractivity contribution in [2.45, 2.75) is 31.9 Å². The molecule has 1 aliphatic heterocycles. The molecule has 6 nitrogen and oxygen atoms in total. The Kier molecular flexibility index (Phi) is 4.47. The molecule has 0 aromatic heterocycles. The zero-order valence-corrected chi connectivity index (χ0v) is 10.4. The molecule has 1 fully saturated rings. The molecule has 0 radical (unpaired) electrons. The first kappa shape index (κ1) is 13.9. The van der Waals surface area contributed by atoms with Gasteiger partial charge < -0.3 is 19.9 Å². The van der Waals surface area contributed by atoms with E-state index in [0.29, 0.717) is 0 Å². The molecule has 0 bridgehead atoms. The van der Waals surface area contributed by atoms with Gasteiger partial charge in [-0.3, -0.25) is 9.59 Å². The lowest BCUT2D eigenvalue weighted by molar-refractivity contribution is -0.142. The Morgan fingerprint density at radius 3 is 2.65 bits per heavy atom. The fourth-order valence-corrected chi connectivity index (χ4v) is 1.66. The molecule has 0 aliphatic carbocycles. The van der Waals surface area contributed by atoms with E-state index >= 15 is 0 Å². The largest absolute Gasteiger partial charge is 0.481 e. The van der Waals surface area contributed by atoms with E-state index in [1.807, 2.05) is 0 Å². The standard InChI is InChI=1S/C11H19NO5/c1-11(2,16-3)4-9(13)12-8-6-17-5-7(8)10(14)15/h7-8H,4-6H2,1-3H3,(H,12,13)(H,14,15). The second-order valence-corrected chi connectivity index (χ2v) is 4.80. The van der Waals surface area contributed by atoms with Crippen molar-refractivity contribution in [1.82, 2.24) is 5.32 Å². The van der Waals surface area contributed by atoms with Crippen LogP contribution in [0.5, 0.6) is 0 Å². The second-order valence-electron chi connectivity index (χ2n) is 4.80. The molecule has 2 N–H and O–H groups in total. The minimum absolute atomic E-state index is 0.147. The molecule has 1 amide bonds. The molecule has 2 unspecified atom stereocenters. The van der Waals surface area contributed by atoms with Crippen LogP contribution in [0, 0.1) is 5.92 Å². The number of carbonyl (C=O) groups is 2. The number of hydrogen-bond donors (Lipinski definition) is 2. The summed E-state index contributed by atoms with van der Waals surface area (Å²) < 4.78 is 10.2. The summed E-state index contributed by atoms with van der Waals surface area (Å²) in [4.78, 5) is 22.6. The van der Waals surface area contributed by atoms with Crippen molar-refractivity contribution in [3.05, 3.63) is 0 Å². The summed E-state index contributed by atoms with van der Waals surface area (Å²) in [5.41, 5.74) is -0.553. The highest BCUT2D eigenvalue weighted by molar-refractivity contribution is 5.79. The van der Waals surface area contributed by atoms with Crippen molar-refractivity contribution in [1.29, 1.82) is 0 Å². The van der Waals surface area contributed by atoms with Crippen LogP contribution in [0.3, 0.4) is 0 Å². The molecular formula is C11H19NO5. The van der Waals surface area contributed by atoms with Crippen LogP contribution in [0.25, 0.3) is 0 Å². The number of methoxy groups -OCH3 is 1. The van der Waals surface area contributed by atoms with Crippen molar-refractivity contribution >= 4 is 11.9 Å². The Balaban J connectivity index is 2.48. The van der Waals surface area contributed by atoms with Gasteiger partial charge in [-0.1, -0.05) is 0 Å². The Morgan fingerprint density at radius 2 is 2.12 bits per heavy atom. The average Bonchev–Trinajstić information content (AvgIpc) is 2.65. The molecule has 1 rings (SSSR count). The first-order valence-corrected chi connectivity index (χ1v) is 5.51. The first-order chi connectivity index (χ1) is 7.85. The van der Waals surface area contributed by atoms with Gasteiger partial charge in [0.15, 0.2) is 0 Å². The lowest BCUT2D eigenvalue weighted by Gasteiger charge is -2.23. The molecule has 0 aromatic rings. The third kappa shape index (κ3) is 3.98. The molecular weight excluding hydrogens is 226 g/mol. The van der Waals surface area contributed by atoms with Crippen LogP contribution in [0.15, 0.2) is 0 Å². The van der Waals surface area contributed by atoms with E-state index in [9.17, 15) is 9.59 Å². The van der Waals surface area contributed by atoms with Gasteiger partial charge in [0, 0.05) is 7.11 Å². The van der Waals surface area contributed by atoms with Gasteiger partial charge in [0.2, 0.25) is 5.91 Å². The third-order valence-corrected chi connectivity index (χ3v) is 2.88. The van der Waals surface area contributed by atoms with Crippen LogP contribution in [0.1, 0.15) is 20.3 Å². The molecule has 1 heterocycles. The second kappa shape index (κ2) is 5.46. The molecule has 1 saturated heterocycles. The van der Waals surface area contributed by atoms with E-state index in [4.69, 9.17) is 14.6 Å². The molecule has 0 saturated carbocycles. The minimum Gasteiger partial charge on any atom is -0.481 e. The molecule has 0 spiro atoms. The number of aliphatic carboxylic acids is 1. The van der Waals surface area contributed by atoms with Crippen molar-refractivity contribution in [2.24, 2.45) is 5.92 Å². The highest BCUT2D eigenvalue weighted by Crippen LogP contribution is 2.16. The number of nitrogens with one attached hydrogen (secondary N) is 1. The van der Waals surface area contributed by atoms with E-state index in [1.54, 1.807) is 13.8 Å². The average molecular weight is 245 g/mol. The summed E-state index contributed by atoms with van der Waals surface area (Å²) in [6.45, 7) is 3.99. The summed E-state index contributed by atoms with van der Waals surface area (Å²) >= 11 is 0. The molecule has 1 aliphatic rings. The van der Waals surface area contributed by atoms with Crippen LogP contribution in [0.4, 0.5) is 0 Å². The van der Waals surface area contributed by atoms with Gasteiger partial charge in [0.05, 0.1) is 31.3 Å². The quantitative estimate of drug-likeness (QED) is 0.713. The SMILES string of the molecule is COC(C)(C)CC(=O)NC1COCC1C(=O)O. The lowest BCUT2D eigenvalue weighted by Crippen LogP contribution is -2.45. The Labute approximate surface area is 100 Å². The van der Waals surface area contributed by atoms with Crippen LogP contribution < -0.4 is 5.32 Å². The van der Waals surface area contributed by atoms with Gasteiger partial charge in [-0.25, -0.2) is 0 Å². The monoisotopic (exact) mass is 245 g/mol. The van der Waals surface area contributed by atoms with Crippen molar-refractivity contribution in [3.8, 4) is 0 Å². The molecule has 98 valence electrons. The van der Waals surface area contributed by atoms with Crippen molar-refractivity contribution in [3.63, 3.8) is 0 Å². The predicted molar refractivity (Wildman–Crippen MR) is 59.6 cm³/mol. The summed E-state index contributed by atoms with van der Waals surface area (Å²) in [7, 11) is 1.53. The third-order valence-electron chi connectivity index (χ3n) is 2.88. The Bertz CT molecular complexity index is 302. The Hall–Kier alpha value is -1.14. The zero-order valence-electron chi connectivity index (χ0n) is 10.4. The summed E-state index contributed by atoms with van der Waals surface area (Å²) in [5.74, 6) is -1.83. The van der Waals surface area contributed by atoms with Crippen molar-refractivity contribution in [2.75, 3.05) is 20.3 Å². The summed E-state index contributed by atoms with van der Waals surface area (Å²) in [5, 5.41) is 11.6. The lowest BCUT2D eigenvalue weighted by atomic mass is 10.0. The minimum atomic E-state index is -0.946. The highest BCUT2D eigenvalue weighted by Gasteiger charge is 2.35. The molecule has 6 heteroatoms. The fraction of sp³-hybridized carbons (Fsp3) is 0.818. The number of amides is 1. The molecule has 0 aromatic carbocycles. The highest BCUT2D eigenvalue weighted by atomic mass is 16.5. The number of ether oxygens (including phenoxy) is 2. The molecule has 2 atom stereocenters. The fourth-order valence-electron chi connectivity index (χ4n) is 1.66. The maximum Gasteiger partial charge on any atom is 0.311 e. The number of carbonyl (C=O) groups excluding carboxylic acids is 1. The van der Waals surface area contributed by atoms with Gasteiger partial charge in [0.1, 0.15) is 5.92 Å². The van der Waals surface area contributed by atoms with E-state index in [2.05, 4.69) is 5.32 Å². The molecule has 17 heavy (non-hydrogen) atoms. The van der Waals surface area contributed by atoms with Crippen LogP contribution >= 0.6 is 0 Å². The predicted octanol–water partition coefficient (Wildman–Crippen LogP) is 0.0173. The first-order valence-electron chi connectivity index (χ1n) is 5.51. The number of hydrogen-bond acceptors (Lipinski definition) is 4. The maximum atomic E-state index is 11.7. The van der Waals surface area contributed by atoms with E-state index in [0.717, 1.165) is 0 Å². The van der Waals surface area contributed by atoms with Gasteiger partial charge in [-0.2, -0.15) is 0 Å². The number of carboxylic acid groups (broad SMARTS) is 1. The van der Waals surface area contributed by atoms with E-state index in [1.165, 1.54) is 7.11 Å². The maximum absolute atomic E-state index is 11.7. The topological polar surface area (TPSA) is 84.9 Å².